The van der Waals surface area contributed by atoms with Gasteiger partial charge in [-0.3, -0.25) is 14.6 Å². The van der Waals surface area contributed by atoms with Crippen molar-refractivity contribution in [3.8, 4) is 0 Å². The van der Waals surface area contributed by atoms with Gasteiger partial charge in [0.05, 0.1) is 18.4 Å². The van der Waals surface area contributed by atoms with E-state index in [0.29, 0.717) is 13.1 Å². The first-order chi connectivity index (χ1) is 8.99. The Morgan fingerprint density at radius 3 is 2.26 bits per heavy atom. The van der Waals surface area contributed by atoms with E-state index >= 15 is 0 Å². The summed E-state index contributed by atoms with van der Waals surface area (Å²) in [7, 11) is 1.59. The molecule has 0 bridgehead atoms. The van der Waals surface area contributed by atoms with Gasteiger partial charge >= 0.3 is 0 Å². The molecule has 0 aliphatic rings. The standard InChI is InChI=1S/C13H20N4O2/c1-5-17(6-2)12(18)9-16(4)13(19)11-8-14-10(3)7-15-11/h7-8H,5-6,9H2,1-4H3. The highest BCUT2D eigenvalue weighted by atomic mass is 16.2. The predicted octanol–water partition coefficient (Wildman–Crippen LogP) is 0.725. The summed E-state index contributed by atoms with van der Waals surface area (Å²) in [5.74, 6) is -0.367. The molecule has 0 atom stereocenters. The average molecular weight is 264 g/mol. The molecule has 0 aliphatic heterocycles. The topological polar surface area (TPSA) is 66.4 Å². The number of amides is 2. The van der Waals surface area contributed by atoms with Crippen molar-refractivity contribution in [3.05, 3.63) is 23.8 Å². The minimum absolute atomic E-state index is 0.0517. The third-order valence-electron chi connectivity index (χ3n) is 2.84. The first-order valence-electron chi connectivity index (χ1n) is 6.31. The lowest BCUT2D eigenvalue weighted by atomic mass is 10.3. The molecule has 1 heterocycles. The highest BCUT2D eigenvalue weighted by molar-refractivity contribution is 5.94. The van der Waals surface area contributed by atoms with Gasteiger partial charge in [-0.15, -0.1) is 0 Å². The van der Waals surface area contributed by atoms with Crippen molar-refractivity contribution in [1.82, 2.24) is 19.8 Å². The second-order valence-electron chi connectivity index (χ2n) is 4.27. The average Bonchev–Trinajstić information content (AvgIpc) is 2.40. The summed E-state index contributed by atoms with van der Waals surface area (Å²) in [6.45, 7) is 6.96. The number of carbonyl (C=O) groups excluding carboxylic acids is 2. The molecule has 0 saturated carbocycles. The van der Waals surface area contributed by atoms with E-state index in [1.807, 2.05) is 13.8 Å². The van der Waals surface area contributed by atoms with E-state index in [0.717, 1.165) is 5.69 Å². The monoisotopic (exact) mass is 264 g/mol. The molecule has 6 heteroatoms. The van der Waals surface area contributed by atoms with Crippen LogP contribution < -0.4 is 0 Å². The Kier molecular flexibility index (Phi) is 5.41. The van der Waals surface area contributed by atoms with Crippen molar-refractivity contribution in [2.45, 2.75) is 20.8 Å². The van der Waals surface area contributed by atoms with Crippen molar-refractivity contribution in [2.24, 2.45) is 0 Å². The summed E-state index contributed by atoms with van der Waals surface area (Å²) < 4.78 is 0. The fraction of sp³-hybridized carbons (Fsp3) is 0.538. The summed E-state index contributed by atoms with van der Waals surface area (Å²) >= 11 is 0. The van der Waals surface area contributed by atoms with Gasteiger partial charge in [0.15, 0.2) is 0 Å². The van der Waals surface area contributed by atoms with Crippen molar-refractivity contribution in [1.29, 1.82) is 0 Å². The van der Waals surface area contributed by atoms with Gasteiger partial charge in [-0.2, -0.15) is 0 Å². The van der Waals surface area contributed by atoms with E-state index < -0.39 is 0 Å². The van der Waals surface area contributed by atoms with Crippen molar-refractivity contribution < 1.29 is 9.59 Å². The molecule has 0 spiro atoms. The van der Waals surface area contributed by atoms with Gasteiger partial charge in [-0.1, -0.05) is 0 Å². The summed E-state index contributed by atoms with van der Waals surface area (Å²) in [5, 5.41) is 0. The lowest BCUT2D eigenvalue weighted by Crippen LogP contribution is -2.41. The van der Waals surface area contributed by atoms with Crippen LogP contribution in [0.5, 0.6) is 0 Å². The summed E-state index contributed by atoms with van der Waals surface area (Å²) in [4.78, 5) is 35.0. The predicted molar refractivity (Wildman–Crippen MR) is 71.7 cm³/mol. The van der Waals surface area contributed by atoms with Gasteiger partial charge < -0.3 is 9.80 Å². The molecule has 2 amide bonds. The lowest BCUT2D eigenvalue weighted by molar-refractivity contribution is -0.131. The smallest absolute Gasteiger partial charge is 0.274 e. The van der Waals surface area contributed by atoms with Crippen LogP contribution in [0.3, 0.4) is 0 Å². The molecule has 0 N–H and O–H groups in total. The zero-order valence-electron chi connectivity index (χ0n) is 11.9. The van der Waals surface area contributed by atoms with Crippen LogP contribution in [0.25, 0.3) is 0 Å². The molecule has 104 valence electrons. The van der Waals surface area contributed by atoms with E-state index in [4.69, 9.17) is 0 Å². The third-order valence-corrected chi connectivity index (χ3v) is 2.84. The number of rotatable bonds is 5. The Bertz CT molecular complexity index is 440. The van der Waals surface area contributed by atoms with Crippen LogP contribution in [0.15, 0.2) is 12.4 Å². The van der Waals surface area contributed by atoms with Gasteiger partial charge in [-0.25, -0.2) is 4.98 Å². The number of hydrogen-bond acceptors (Lipinski definition) is 4. The lowest BCUT2D eigenvalue weighted by Gasteiger charge is -2.22. The number of hydrogen-bond donors (Lipinski definition) is 0. The largest absolute Gasteiger partial charge is 0.342 e. The summed E-state index contributed by atoms with van der Waals surface area (Å²) in [5.41, 5.74) is 0.999. The second kappa shape index (κ2) is 6.82. The summed E-state index contributed by atoms with van der Waals surface area (Å²) in [6, 6.07) is 0. The molecule has 1 rings (SSSR count). The number of carbonyl (C=O) groups is 2. The molecule has 1 aromatic heterocycles. The minimum Gasteiger partial charge on any atom is -0.342 e. The molecule has 0 radical (unpaired) electrons. The first-order valence-corrected chi connectivity index (χ1v) is 6.31. The Morgan fingerprint density at radius 2 is 1.79 bits per heavy atom. The number of aryl methyl sites for hydroxylation is 1. The molecule has 0 unspecified atom stereocenters. The SMILES string of the molecule is CCN(CC)C(=O)CN(C)C(=O)c1cnc(C)cn1. The minimum atomic E-state index is -0.298. The Morgan fingerprint density at radius 1 is 1.16 bits per heavy atom. The molecule has 1 aromatic rings. The fourth-order valence-electron chi connectivity index (χ4n) is 1.65. The van der Waals surface area contributed by atoms with Gasteiger partial charge in [0.1, 0.15) is 5.69 Å². The molecule has 19 heavy (non-hydrogen) atoms. The second-order valence-corrected chi connectivity index (χ2v) is 4.27. The van der Waals surface area contributed by atoms with E-state index in [-0.39, 0.29) is 24.1 Å². The van der Waals surface area contributed by atoms with Crippen LogP contribution in [-0.4, -0.2) is 58.3 Å². The highest BCUT2D eigenvalue weighted by Gasteiger charge is 2.18. The third kappa shape index (κ3) is 4.01. The molecular formula is C13H20N4O2. The van der Waals surface area contributed by atoms with Crippen molar-refractivity contribution in [3.63, 3.8) is 0 Å². The molecule has 6 nitrogen and oxygen atoms in total. The van der Waals surface area contributed by atoms with Crippen LogP contribution in [0, 0.1) is 6.92 Å². The van der Waals surface area contributed by atoms with Gasteiger partial charge in [0.25, 0.3) is 5.91 Å². The molecule has 0 aromatic carbocycles. The first kappa shape index (κ1) is 15.1. The zero-order valence-corrected chi connectivity index (χ0v) is 11.9. The Labute approximate surface area is 113 Å². The van der Waals surface area contributed by atoms with Crippen molar-refractivity contribution >= 4 is 11.8 Å². The highest BCUT2D eigenvalue weighted by Crippen LogP contribution is 2.00. The van der Waals surface area contributed by atoms with Crippen LogP contribution in [-0.2, 0) is 4.79 Å². The maximum absolute atomic E-state index is 12.0. The van der Waals surface area contributed by atoms with Crippen LogP contribution in [0.4, 0.5) is 0 Å². The molecule has 0 fully saturated rings. The van der Waals surface area contributed by atoms with Crippen LogP contribution in [0.2, 0.25) is 0 Å². The van der Waals surface area contributed by atoms with E-state index in [2.05, 4.69) is 9.97 Å². The van der Waals surface area contributed by atoms with E-state index in [1.165, 1.54) is 17.3 Å². The van der Waals surface area contributed by atoms with Crippen LogP contribution >= 0.6 is 0 Å². The quantitative estimate of drug-likeness (QED) is 0.786. The summed E-state index contributed by atoms with van der Waals surface area (Å²) in [6.07, 6.45) is 2.96. The maximum Gasteiger partial charge on any atom is 0.274 e. The van der Waals surface area contributed by atoms with Crippen molar-refractivity contribution in [2.75, 3.05) is 26.7 Å². The van der Waals surface area contributed by atoms with Gasteiger partial charge in [0.2, 0.25) is 5.91 Å². The normalized spacial score (nSPS) is 10.1. The van der Waals surface area contributed by atoms with Gasteiger partial charge in [0, 0.05) is 26.3 Å². The number of likely N-dealkylation sites (N-methyl/N-ethyl adjacent to an activating group) is 2. The number of nitrogens with zero attached hydrogens (tertiary/aromatic N) is 4. The Hall–Kier alpha value is -1.98. The van der Waals surface area contributed by atoms with E-state index in [9.17, 15) is 9.59 Å². The fourth-order valence-corrected chi connectivity index (χ4v) is 1.65. The molecule has 0 aliphatic carbocycles. The van der Waals surface area contributed by atoms with E-state index in [1.54, 1.807) is 18.9 Å². The molecular weight excluding hydrogens is 244 g/mol. The zero-order chi connectivity index (χ0) is 14.4. The number of aromatic nitrogens is 2. The Balaban J connectivity index is 2.67. The van der Waals surface area contributed by atoms with Gasteiger partial charge in [-0.05, 0) is 20.8 Å². The molecule has 0 saturated heterocycles. The van der Waals surface area contributed by atoms with Crippen LogP contribution in [0.1, 0.15) is 30.0 Å². The maximum atomic E-state index is 12.0.